The Morgan fingerprint density at radius 1 is 1.38 bits per heavy atom. The first-order valence-electron chi connectivity index (χ1n) is 7.17. The Bertz CT molecular complexity index is 378. The first-order valence-corrected chi connectivity index (χ1v) is 8.22. The molecule has 0 saturated carbocycles. The Morgan fingerprint density at radius 2 is 2.14 bits per heavy atom. The first kappa shape index (κ1) is 16.4. The molecular formula is C13H23N3O4S. The third-order valence-electron chi connectivity index (χ3n) is 3.79. The van der Waals surface area contributed by atoms with Gasteiger partial charge in [-0.3, -0.25) is 4.79 Å². The molecule has 0 spiro atoms. The minimum absolute atomic E-state index is 0.0557. The lowest BCUT2D eigenvalue weighted by molar-refractivity contribution is -0.148. The van der Waals surface area contributed by atoms with Gasteiger partial charge >= 0.3 is 6.03 Å². The van der Waals surface area contributed by atoms with E-state index in [1.54, 1.807) is 0 Å². The summed E-state index contributed by atoms with van der Waals surface area (Å²) >= 11 is 1.90. The molecule has 3 amide bonds. The second-order valence-electron chi connectivity index (χ2n) is 5.24. The van der Waals surface area contributed by atoms with Gasteiger partial charge in [0, 0.05) is 31.6 Å². The summed E-state index contributed by atoms with van der Waals surface area (Å²) in [5.41, 5.74) is 0. The maximum atomic E-state index is 11.6. The fraction of sp³-hybridized carbons (Fsp3) is 0.846. The molecular weight excluding hydrogens is 294 g/mol. The van der Waals surface area contributed by atoms with Crippen molar-refractivity contribution < 1.29 is 19.1 Å². The molecule has 0 aliphatic carbocycles. The maximum Gasteiger partial charge on any atom is 0.315 e. The number of urea groups is 1. The largest absolute Gasteiger partial charge is 0.339 e. The number of hydrogen-bond acceptors (Lipinski definition) is 5. The van der Waals surface area contributed by atoms with E-state index in [1.807, 2.05) is 11.8 Å². The van der Waals surface area contributed by atoms with Gasteiger partial charge in [-0.15, -0.1) is 0 Å². The highest BCUT2D eigenvalue weighted by molar-refractivity contribution is 8.00. The van der Waals surface area contributed by atoms with Crippen LogP contribution in [0, 0.1) is 0 Å². The number of amides is 3. The zero-order valence-electron chi connectivity index (χ0n) is 12.4. The number of carbonyl (C=O) groups is 2. The summed E-state index contributed by atoms with van der Waals surface area (Å²) in [5, 5.41) is 8.98. The van der Waals surface area contributed by atoms with Crippen molar-refractivity contribution in [3.8, 4) is 0 Å². The number of rotatable bonds is 8. The van der Waals surface area contributed by atoms with E-state index in [1.165, 1.54) is 14.2 Å². The molecule has 0 radical (unpaired) electrons. The normalized spacial score (nSPS) is 27.4. The molecule has 3 N–H and O–H groups in total. The number of carbonyl (C=O) groups excluding carboxylic acids is 2. The molecule has 2 aliphatic heterocycles. The number of hydrogen-bond donors (Lipinski definition) is 3. The summed E-state index contributed by atoms with van der Waals surface area (Å²) in [6, 6.07) is 0.447. The molecule has 120 valence electrons. The van der Waals surface area contributed by atoms with E-state index in [9.17, 15) is 9.59 Å². The average molecular weight is 317 g/mol. The minimum Gasteiger partial charge on any atom is -0.339 e. The van der Waals surface area contributed by atoms with Gasteiger partial charge in [0.25, 0.3) is 0 Å². The Labute approximate surface area is 128 Å². The van der Waals surface area contributed by atoms with Crippen LogP contribution in [0.1, 0.15) is 25.7 Å². The van der Waals surface area contributed by atoms with Crippen LogP contribution in [0.15, 0.2) is 0 Å². The van der Waals surface area contributed by atoms with E-state index >= 15 is 0 Å². The molecule has 8 heteroatoms. The number of ether oxygens (including phenoxy) is 2. The van der Waals surface area contributed by atoms with E-state index in [4.69, 9.17) is 9.47 Å². The molecule has 2 fully saturated rings. The Hall–Kier alpha value is -0.990. The fourth-order valence-electron chi connectivity index (χ4n) is 2.69. The number of methoxy groups -OCH3 is 2. The van der Waals surface area contributed by atoms with E-state index in [-0.39, 0.29) is 24.0 Å². The minimum atomic E-state index is -0.677. The summed E-state index contributed by atoms with van der Waals surface area (Å²) < 4.78 is 9.82. The summed E-state index contributed by atoms with van der Waals surface area (Å²) in [7, 11) is 2.96. The lowest BCUT2D eigenvalue weighted by Crippen LogP contribution is -2.37. The van der Waals surface area contributed by atoms with Crippen LogP contribution in [0.3, 0.4) is 0 Å². The summed E-state index contributed by atoms with van der Waals surface area (Å²) in [6.45, 7) is 0. The van der Waals surface area contributed by atoms with E-state index in [0.29, 0.717) is 11.7 Å². The zero-order chi connectivity index (χ0) is 15.2. The standard InChI is InChI=1S/C13H23N3O4S/c1-19-13(20-2)15-10(17)6-4-3-5-9-11-8(7-21-9)14-12(18)16-11/h8-9,11,13H,3-7H2,1-2H3,(H,15,17)(H2,14,16,18). The van der Waals surface area contributed by atoms with Crippen molar-refractivity contribution in [1.82, 2.24) is 16.0 Å². The second-order valence-corrected chi connectivity index (χ2v) is 6.51. The molecule has 21 heavy (non-hydrogen) atoms. The molecule has 2 aliphatic rings. The zero-order valence-corrected chi connectivity index (χ0v) is 13.2. The highest BCUT2D eigenvalue weighted by Gasteiger charge is 2.42. The van der Waals surface area contributed by atoms with Gasteiger partial charge in [0.1, 0.15) is 0 Å². The van der Waals surface area contributed by atoms with Gasteiger partial charge in [-0.05, 0) is 12.8 Å². The van der Waals surface area contributed by atoms with Crippen LogP contribution in [0.25, 0.3) is 0 Å². The molecule has 2 rings (SSSR count). The number of thioether (sulfide) groups is 1. The van der Waals surface area contributed by atoms with E-state index in [0.717, 1.165) is 25.0 Å². The second kappa shape index (κ2) is 7.86. The lowest BCUT2D eigenvalue weighted by atomic mass is 10.0. The Morgan fingerprint density at radius 3 is 2.86 bits per heavy atom. The van der Waals surface area contributed by atoms with E-state index in [2.05, 4.69) is 16.0 Å². The molecule has 0 aromatic rings. The van der Waals surface area contributed by atoms with Crippen LogP contribution in [0.2, 0.25) is 0 Å². The van der Waals surface area contributed by atoms with Gasteiger partial charge in [-0.2, -0.15) is 11.8 Å². The molecule has 0 aromatic carbocycles. The highest BCUT2D eigenvalue weighted by atomic mass is 32.2. The SMILES string of the molecule is COC(NC(=O)CCCCC1SCC2NC(=O)NC21)OC. The van der Waals surface area contributed by atoms with Crippen molar-refractivity contribution in [3.63, 3.8) is 0 Å². The number of unbranched alkanes of at least 4 members (excludes halogenated alkanes) is 1. The van der Waals surface area contributed by atoms with Gasteiger partial charge in [0.05, 0.1) is 12.1 Å². The van der Waals surface area contributed by atoms with Gasteiger partial charge in [-0.25, -0.2) is 4.79 Å². The molecule has 2 saturated heterocycles. The topological polar surface area (TPSA) is 88.7 Å². The van der Waals surface area contributed by atoms with Crippen LogP contribution in [-0.2, 0) is 14.3 Å². The molecule has 0 bridgehead atoms. The third kappa shape index (κ3) is 4.49. The number of fused-ring (bicyclic) bond motifs is 1. The van der Waals surface area contributed by atoms with Crippen LogP contribution in [0.5, 0.6) is 0 Å². The average Bonchev–Trinajstić information content (AvgIpc) is 3.00. The first-order chi connectivity index (χ1) is 10.1. The van der Waals surface area contributed by atoms with Gasteiger partial charge in [-0.1, -0.05) is 6.42 Å². The van der Waals surface area contributed by atoms with E-state index < -0.39 is 6.41 Å². The lowest BCUT2D eigenvalue weighted by Gasteiger charge is -2.17. The van der Waals surface area contributed by atoms with Crippen molar-refractivity contribution in [1.29, 1.82) is 0 Å². The Balaban J connectivity index is 1.60. The molecule has 7 nitrogen and oxygen atoms in total. The quantitative estimate of drug-likeness (QED) is 0.343. The molecule has 3 atom stereocenters. The van der Waals surface area contributed by atoms with Crippen LogP contribution >= 0.6 is 11.8 Å². The van der Waals surface area contributed by atoms with Crippen molar-refractivity contribution in [2.24, 2.45) is 0 Å². The Kier molecular flexibility index (Phi) is 6.13. The molecule has 2 heterocycles. The predicted octanol–water partition coefficient (Wildman–Crippen LogP) is 0.405. The predicted molar refractivity (Wildman–Crippen MR) is 79.9 cm³/mol. The summed E-state index contributed by atoms with van der Waals surface area (Å²) in [6.07, 6.45) is 2.58. The fourth-order valence-corrected chi connectivity index (χ4v) is 4.24. The summed E-state index contributed by atoms with van der Waals surface area (Å²) in [5.74, 6) is 0.897. The maximum absolute atomic E-state index is 11.6. The molecule has 3 unspecified atom stereocenters. The monoisotopic (exact) mass is 317 g/mol. The van der Waals surface area contributed by atoms with Crippen LogP contribution in [0.4, 0.5) is 4.79 Å². The van der Waals surface area contributed by atoms with Gasteiger partial charge in [0.2, 0.25) is 12.3 Å². The third-order valence-corrected chi connectivity index (χ3v) is 5.30. The van der Waals surface area contributed by atoms with Gasteiger partial charge < -0.3 is 25.4 Å². The molecule has 0 aromatic heterocycles. The van der Waals surface area contributed by atoms with Gasteiger partial charge in [0.15, 0.2) is 0 Å². The summed E-state index contributed by atoms with van der Waals surface area (Å²) in [4.78, 5) is 22.9. The van der Waals surface area contributed by atoms with Crippen molar-refractivity contribution in [2.75, 3.05) is 20.0 Å². The van der Waals surface area contributed by atoms with Crippen LogP contribution < -0.4 is 16.0 Å². The van der Waals surface area contributed by atoms with Crippen molar-refractivity contribution in [2.45, 2.75) is 49.4 Å². The van der Waals surface area contributed by atoms with Crippen LogP contribution in [-0.4, -0.2) is 55.7 Å². The number of nitrogens with one attached hydrogen (secondary N) is 3. The van der Waals surface area contributed by atoms with Crippen molar-refractivity contribution in [3.05, 3.63) is 0 Å². The highest BCUT2D eigenvalue weighted by Crippen LogP contribution is 2.33. The van der Waals surface area contributed by atoms with Crippen molar-refractivity contribution >= 4 is 23.7 Å². The smallest absolute Gasteiger partial charge is 0.315 e.